The van der Waals surface area contributed by atoms with Gasteiger partial charge in [0.05, 0.1) is 29.7 Å². The van der Waals surface area contributed by atoms with Crippen LogP contribution >= 0.6 is 23.4 Å². The van der Waals surface area contributed by atoms with Gasteiger partial charge in [-0.2, -0.15) is 0 Å². The predicted octanol–water partition coefficient (Wildman–Crippen LogP) is 5.38. The standard InChI is InChI=1S/C24H23ClN4O3S/c1-3-31-18-12-10-17(11-13-18)29-22(20-8-4-5-9-21(20)25)27-28-24(29)33-16(2)23(30)26-15-19-7-6-14-32-19/h4-14,16H,3,15H2,1-2H3,(H,26,30). The summed E-state index contributed by atoms with van der Waals surface area (Å²) in [5.41, 5.74) is 1.59. The molecular weight excluding hydrogens is 460 g/mol. The van der Waals surface area contributed by atoms with E-state index in [0.717, 1.165) is 17.0 Å². The number of ether oxygens (including phenoxy) is 1. The number of carbonyl (C=O) groups is 1. The molecule has 0 spiro atoms. The number of carbonyl (C=O) groups excluding carboxylic acids is 1. The highest BCUT2D eigenvalue weighted by molar-refractivity contribution is 8.00. The minimum absolute atomic E-state index is 0.128. The molecule has 0 fully saturated rings. The molecule has 0 aliphatic carbocycles. The average molecular weight is 483 g/mol. The van der Waals surface area contributed by atoms with Crippen molar-refractivity contribution in [2.24, 2.45) is 0 Å². The van der Waals surface area contributed by atoms with Crippen LogP contribution in [0.15, 0.2) is 76.5 Å². The highest BCUT2D eigenvalue weighted by Gasteiger charge is 2.23. The smallest absolute Gasteiger partial charge is 0.233 e. The van der Waals surface area contributed by atoms with Crippen molar-refractivity contribution in [2.75, 3.05) is 6.61 Å². The molecule has 1 N–H and O–H groups in total. The molecule has 1 atom stereocenters. The van der Waals surface area contributed by atoms with E-state index in [2.05, 4.69) is 15.5 Å². The van der Waals surface area contributed by atoms with Gasteiger partial charge in [0.2, 0.25) is 5.91 Å². The fourth-order valence-corrected chi connectivity index (χ4v) is 4.31. The number of hydrogen-bond donors (Lipinski definition) is 1. The van der Waals surface area contributed by atoms with Crippen molar-refractivity contribution in [1.82, 2.24) is 20.1 Å². The summed E-state index contributed by atoms with van der Waals surface area (Å²) in [6.07, 6.45) is 1.58. The molecule has 2 aromatic heterocycles. The van der Waals surface area contributed by atoms with E-state index in [1.807, 2.05) is 73.0 Å². The number of amides is 1. The topological polar surface area (TPSA) is 82.2 Å². The lowest BCUT2D eigenvalue weighted by Gasteiger charge is -2.14. The van der Waals surface area contributed by atoms with E-state index in [1.165, 1.54) is 11.8 Å². The Kier molecular flexibility index (Phi) is 7.36. The van der Waals surface area contributed by atoms with Gasteiger partial charge in [-0.15, -0.1) is 10.2 Å². The first-order chi connectivity index (χ1) is 16.1. The molecule has 0 saturated carbocycles. The minimum atomic E-state index is -0.412. The van der Waals surface area contributed by atoms with Gasteiger partial charge in [0.1, 0.15) is 11.5 Å². The Morgan fingerprint density at radius 3 is 2.64 bits per heavy atom. The summed E-state index contributed by atoms with van der Waals surface area (Å²) in [7, 11) is 0. The number of nitrogens with zero attached hydrogens (tertiary/aromatic N) is 3. The molecule has 170 valence electrons. The quantitative estimate of drug-likeness (QED) is 0.323. The molecule has 1 amide bonds. The zero-order chi connectivity index (χ0) is 23.2. The maximum Gasteiger partial charge on any atom is 0.233 e. The average Bonchev–Trinajstić information content (AvgIpc) is 3.49. The number of halogens is 1. The Labute approximate surface area is 201 Å². The molecule has 33 heavy (non-hydrogen) atoms. The number of nitrogens with one attached hydrogen (secondary N) is 1. The Morgan fingerprint density at radius 1 is 1.15 bits per heavy atom. The van der Waals surface area contributed by atoms with Crippen LogP contribution in [-0.2, 0) is 11.3 Å². The number of hydrogen-bond acceptors (Lipinski definition) is 6. The van der Waals surface area contributed by atoms with Gasteiger partial charge in [-0.1, -0.05) is 35.5 Å². The van der Waals surface area contributed by atoms with Crippen LogP contribution in [0.25, 0.3) is 17.1 Å². The van der Waals surface area contributed by atoms with E-state index < -0.39 is 5.25 Å². The van der Waals surface area contributed by atoms with Crippen molar-refractivity contribution >= 4 is 29.3 Å². The molecule has 9 heteroatoms. The second-order valence-electron chi connectivity index (χ2n) is 7.11. The minimum Gasteiger partial charge on any atom is -0.494 e. The van der Waals surface area contributed by atoms with Gasteiger partial charge in [-0.25, -0.2) is 0 Å². The lowest BCUT2D eigenvalue weighted by molar-refractivity contribution is -0.120. The van der Waals surface area contributed by atoms with Crippen LogP contribution in [0.4, 0.5) is 0 Å². The summed E-state index contributed by atoms with van der Waals surface area (Å²) in [4.78, 5) is 12.7. The summed E-state index contributed by atoms with van der Waals surface area (Å²) < 4.78 is 12.7. The maximum atomic E-state index is 12.7. The fraction of sp³-hybridized carbons (Fsp3) is 0.208. The zero-order valence-electron chi connectivity index (χ0n) is 18.2. The van der Waals surface area contributed by atoms with E-state index in [1.54, 1.807) is 12.3 Å². The number of thioether (sulfide) groups is 1. The molecule has 0 bridgehead atoms. The largest absolute Gasteiger partial charge is 0.494 e. The first-order valence-electron chi connectivity index (χ1n) is 10.5. The SMILES string of the molecule is CCOc1ccc(-n2c(SC(C)C(=O)NCc3ccco3)nnc2-c2ccccc2Cl)cc1. The molecule has 0 radical (unpaired) electrons. The van der Waals surface area contributed by atoms with Gasteiger partial charge in [0.25, 0.3) is 0 Å². The third-order valence-corrected chi connectivity index (χ3v) is 6.19. The normalized spacial score (nSPS) is 11.8. The van der Waals surface area contributed by atoms with Crippen molar-refractivity contribution in [2.45, 2.75) is 30.8 Å². The Hall–Kier alpha value is -3.23. The molecule has 0 saturated heterocycles. The molecule has 7 nitrogen and oxygen atoms in total. The molecular formula is C24H23ClN4O3S. The first-order valence-corrected chi connectivity index (χ1v) is 11.7. The lowest BCUT2D eigenvalue weighted by atomic mass is 10.2. The van der Waals surface area contributed by atoms with E-state index >= 15 is 0 Å². The van der Waals surface area contributed by atoms with Crippen LogP contribution in [0.3, 0.4) is 0 Å². The highest BCUT2D eigenvalue weighted by atomic mass is 35.5. The molecule has 2 aromatic carbocycles. The number of benzene rings is 2. The van der Waals surface area contributed by atoms with Crippen molar-refractivity contribution in [1.29, 1.82) is 0 Å². The molecule has 4 rings (SSSR count). The van der Waals surface area contributed by atoms with Crippen LogP contribution in [-0.4, -0.2) is 32.5 Å². The second-order valence-corrected chi connectivity index (χ2v) is 8.82. The van der Waals surface area contributed by atoms with Gasteiger partial charge < -0.3 is 14.5 Å². The van der Waals surface area contributed by atoms with E-state index in [0.29, 0.717) is 34.9 Å². The molecule has 0 aliphatic heterocycles. The Bertz CT molecular complexity index is 1210. The summed E-state index contributed by atoms with van der Waals surface area (Å²) in [5.74, 6) is 1.93. The number of furan rings is 1. The zero-order valence-corrected chi connectivity index (χ0v) is 19.8. The third kappa shape index (κ3) is 5.40. The van der Waals surface area contributed by atoms with E-state index in [9.17, 15) is 4.79 Å². The Balaban J connectivity index is 1.63. The van der Waals surface area contributed by atoms with Crippen LogP contribution in [0, 0.1) is 0 Å². The molecule has 1 unspecified atom stereocenters. The van der Waals surface area contributed by atoms with Crippen LogP contribution in [0.5, 0.6) is 5.75 Å². The van der Waals surface area contributed by atoms with Gasteiger partial charge in [0, 0.05) is 11.3 Å². The highest BCUT2D eigenvalue weighted by Crippen LogP contribution is 2.33. The first kappa shape index (κ1) is 22.9. The summed E-state index contributed by atoms with van der Waals surface area (Å²) in [6.45, 7) is 4.68. The van der Waals surface area contributed by atoms with Gasteiger partial charge in [0.15, 0.2) is 11.0 Å². The second kappa shape index (κ2) is 10.6. The van der Waals surface area contributed by atoms with Crippen molar-refractivity contribution in [3.8, 4) is 22.8 Å². The molecule has 4 aromatic rings. The predicted molar refractivity (Wildman–Crippen MR) is 129 cm³/mol. The Morgan fingerprint density at radius 2 is 1.94 bits per heavy atom. The van der Waals surface area contributed by atoms with Crippen molar-refractivity contribution in [3.05, 3.63) is 77.7 Å². The fourth-order valence-electron chi connectivity index (χ4n) is 3.20. The van der Waals surface area contributed by atoms with Gasteiger partial charge >= 0.3 is 0 Å². The van der Waals surface area contributed by atoms with E-state index in [4.69, 9.17) is 20.8 Å². The summed E-state index contributed by atoms with van der Waals surface area (Å²) in [6, 6.07) is 18.7. The summed E-state index contributed by atoms with van der Waals surface area (Å²) >= 11 is 7.78. The van der Waals surface area contributed by atoms with Crippen LogP contribution in [0.1, 0.15) is 19.6 Å². The van der Waals surface area contributed by atoms with Crippen molar-refractivity contribution in [3.63, 3.8) is 0 Å². The number of aromatic nitrogens is 3. The monoisotopic (exact) mass is 482 g/mol. The van der Waals surface area contributed by atoms with E-state index in [-0.39, 0.29) is 5.91 Å². The molecule has 0 aliphatic rings. The van der Waals surface area contributed by atoms with Gasteiger partial charge in [-0.05, 0) is 62.4 Å². The lowest BCUT2D eigenvalue weighted by Crippen LogP contribution is -2.30. The van der Waals surface area contributed by atoms with Crippen LogP contribution < -0.4 is 10.1 Å². The third-order valence-electron chi connectivity index (χ3n) is 4.82. The van der Waals surface area contributed by atoms with Gasteiger partial charge in [-0.3, -0.25) is 9.36 Å². The summed E-state index contributed by atoms with van der Waals surface area (Å²) in [5, 5.41) is 12.4. The van der Waals surface area contributed by atoms with Crippen LogP contribution in [0.2, 0.25) is 5.02 Å². The maximum absolute atomic E-state index is 12.7. The molecule has 2 heterocycles. The van der Waals surface area contributed by atoms with Crippen molar-refractivity contribution < 1.29 is 13.9 Å². The number of rotatable bonds is 9.